The molecule has 17 heavy (non-hydrogen) atoms. The lowest BCUT2D eigenvalue weighted by molar-refractivity contribution is 0.692. The van der Waals surface area contributed by atoms with E-state index in [2.05, 4.69) is 11.2 Å². The Morgan fingerprint density at radius 3 is 2.65 bits per heavy atom. The Bertz CT molecular complexity index is 593. The minimum absolute atomic E-state index is 0.717. The molecule has 1 aromatic carbocycles. The number of aryl methyl sites for hydroxylation is 3. The van der Waals surface area contributed by atoms with Crippen LogP contribution in [0.4, 0.5) is 0 Å². The molecule has 0 spiro atoms. The van der Waals surface area contributed by atoms with Crippen molar-refractivity contribution >= 4 is 11.8 Å². The van der Waals surface area contributed by atoms with E-state index >= 15 is 0 Å². The lowest BCUT2D eigenvalue weighted by atomic mass is 10.2. The molecule has 3 nitrogen and oxygen atoms in total. The van der Waals surface area contributed by atoms with Crippen molar-refractivity contribution in [2.75, 3.05) is 0 Å². The van der Waals surface area contributed by atoms with E-state index in [0.717, 1.165) is 21.2 Å². The minimum Gasteiger partial charge on any atom is -0.262 e. The van der Waals surface area contributed by atoms with E-state index in [1.165, 1.54) is 0 Å². The number of benzene rings is 1. The van der Waals surface area contributed by atoms with E-state index in [1.807, 2.05) is 49.8 Å². The summed E-state index contributed by atoms with van der Waals surface area (Å²) < 4.78 is 1.83. The highest BCUT2D eigenvalue weighted by atomic mass is 32.2. The highest BCUT2D eigenvalue weighted by Crippen LogP contribution is 2.30. The SMILES string of the molecule is Cc1ccc(Sc2cc(C)nn2C)c(C#N)c1. The maximum Gasteiger partial charge on any atom is 0.100 e. The van der Waals surface area contributed by atoms with E-state index in [-0.39, 0.29) is 0 Å². The van der Waals surface area contributed by atoms with Crippen LogP contribution in [-0.2, 0) is 7.05 Å². The topological polar surface area (TPSA) is 41.6 Å². The summed E-state index contributed by atoms with van der Waals surface area (Å²) in [5.74, 6) is 0. The Balaban J connectivity index is 2.37. The Morgan fingerprint density at radius 2 is 2.06 bits per heavy atom. The summed E-state index contributed by atoms with van der Waals surface area (Å²) in [5, 5.41) is 14.4. The van der Waals surface area contributed by atoms with Crippen molar-refractivity contribution in [2.45, 2.75) is 23.8 Å². The van der Waals surface area contributed by atoms with Crippen LogP contribution < -0.4 is 0 Å². The summed E-state index contributed by atoms with van der Waals surface area (Å²) in [7, 11) is 1.91. The largest absolute Gasteiger partial charge is 0.262 e. The van der Waals surface area contributed by atoms with Crippen molar-refractivity contribution < 1.29 is 0 Å². The molecule has 0 aliphatic carbocycles. The molecule has 1 heterocycles. The molecule has 0 atom stereocenters. The van der Waals surface area contributed by atoms with Gasteiger partial charge < -0.3 is 0 Å². The van der Waals surface area contributed by atoms with Gasteiger partial charge in [0, 0.05) is 11.9 Å². The van der Waals surface area contributed by atoms with Crippen LogP contribution in [-0.4, -0.2) is 9.78 Å². The van der Waals surface area contributed by atoms with Crippen LogP contribution in [0.5, 0.6) is 0 Å². The van der Waals surface area contributed by atoms with E-state index in [0.29, 0.717) is 5.56 Å². The quantitative estimate of drug-likeness (QED) is 0.814. The van der Waals surface area contributed by atoms with Crippen molar-refractivity contribution in [1.82, 2.24) is 9.78 Å². The third-order valence-electron chi connectivity index (χ3n) is 2.43. The molecule has 0 radical (unpaired) electrons. The fraction of sp³-hybridized carbons (Fsp3) is 0.231. The maximum absolute atomic E-state index is 9.11. The summed E-state index contributed by atoms with van der Waals surface area (Å²) in [4.78, 5) is 0.973. The monoisotopic (exact) mass is 243 g/mol. The lowest BCUT2D eigenvalue weighted by Gasteiger charge is -2.04. The van der Waals surface area contributed by atoms with Gasteiger partial charge in [-0.05, 0) is 37.6 Å². The number of nitriles is 1. The van der Waals surface area contributed by atoms with Crippen molar-refractivity contribution in [3.05, 3.63) is 41.1 Å². The number of hydrogen-bond acceptors (Lipinski definition) is 3. The van der Waals surface area contributed by atoms with Crippen molar-refractivity contribution in [1.29, 1.82) is 5.26 Å². The molecular formula is C13H13N3S. The standard InChI is InChI=1S/C13H13N3S/c1-9-4-5-12(11(6-9)8-14)17-13-7-10(2)15-16(13)3/h4-7H,1-3H3. The van der Waals surface area contributed by atoms with Gasteiger partial charge in [0.15, 0.2) is 0 Å². The molecule has 2 rings (SSSR count). The molecule has 0 unspecified atom stereocenters. The molecule has 0 saturated heterocycles. The maximum atomic E-state index is 9.11. The van der Waals surface area contributed by atoms with Gasteiger partial charge in [0.2, 0.25) is 0 Å². The first-order chi connectivity index (χ1) is 8.10. The zero-order valence-electron chi connectivity index (χ0n) is 10.1. The first-order valence-electron chi connectivity index (χ1n) is 5.29. The third kappa shape index (κ3) is 2.51. The molecule has 1 aromatic heterocycles. The second-order valence-corrected chi connectivity index (χ2v) is 5.02. The first-order valence-corrected chi connectivity index (χ1v) is 6.11. The highest BCUT2D eigenvalue weighted by molar-refractivity contribution is 7.99. The number of hydrogen-bond donors (Lipinski definition) is 0. The average molecular weight is 243 g/mol. The second-order valence-electron chi connectivity index (χ2n) is 3.96. The molecule has 0 saturated carbocycles. The molecular weight excluding hydrogens is 230 g/mol. The predicted molar refractivity (Wildman–Crippen MR) is 68.0 cm³/mol. The molecule has 0 fully saturated rings. The third-order valence-corrected chi connectivity index (χ3v) is 3.60. The fourth-order valence-electron chi connectivity index (χ4n) is 1.62. The molecule has 4 heteroatoms. The van der Waals surface area contributed by atoms with Gasteiger partial charge in [0.05, 0.1) is 16.3 Å². The van der Waals surface area contributed by atoms with Crippen LogP contribution in [0.3, 0.4) is 0 Å². The zero-order valence-corrected chi connectivity index (χ0v) is 10.9. The summed E-state index contributed by atoms with van der Waals surface area (Å²) in [6.45, 7) is 3.95. The smallest absolute Gasteiger partial charge is 0.100 e. The van der Waals surface area contributed by atoms with Crippen LogP contribution in [0.2, 0.25) is 0 Å². The Hall–Kier alpha value is -1.73. The Labute approximate surface area is 105 Å². The summed E-state index contributed by atoms with van der Waals surface area (Å²) in [5.41, 5.74) is 2.81. The summed E-state index contributed by atoms with van der Waals surface area (Å²) >= 11 is 1.57. The molecule has 2 aromatic rings. The second kappa shape index (κ2) is 4.64. The fourth-order valence-corrected chi connectivity index (χ4v) is 2.59. The van der Waals surface area contributed by atoms with Crippen molar-refractivity contribution in [2.24, 2.45) is 7.05 Å². The van der Waals surface area contributed by atoms with Crippen LogP contribution in [0, 0.1) is 25.2 Å². The van der Waals surface area contributed by atoms with E-state index < -0.39 is 0 Å². The highest BCUT2D eigenvalue weighted by Gasteiger charge is 2.08. The van der Waals surface area contributed by atoms with Crippen LogP contribution >= 0.6 is 11.8 Å². The molecule has 86 valence electrons. The number of aromatic nitrogens is 2. The van der Waals surface area contributed by atoms with Gasteiger partial charge in [0.25, 0.3) is 0 Å². The molecule has 0 aliphatic rings. The van der Waals surface area contributed by atoms with E-state index in [4.69, 9.17) is 5.26 Å². The predicted octanol–water partition coefficient (Wildman–Crippen LogP) is 3.06. The van der Waals surface area contributed by atoms with Crippen LogP contribution in [0.1, 0.15) is 16.8 Å². The van der Waals surface area contributed by atoms with Crippen LogP contribution in [0.15, 0.2) is 34.2 Å². The summed E-state index contributed by atoms with van der Waals surface area (Å²) in [6.07, 6.45) is 0. The van der Waals surface area contributed by atoms with Gasteiger partial charge in [-0.1, -0.05) is 17.8 Å². The molecule has 0 amide bonds. The van der Waals surface area contributed by atoms with E-state index in [1.54, 1.807) is 11.8 Å². The zero-order chi connectivity index (χ0) is 12.4. The van der Waals surface area contributed by atoms with Gasteiger partial charge >= 0.3 is 0 Å². The first kappa shape index (κ1) is 11.7. The average Bonchev–Trinajstić information content (AvgIpc) is 2.60. The van der Waals surface area contributed by atoms with Crippen molar-refractivity contribution in [3.8, 4) is 6.07 Å². The molecule has 0 aliphatic heterocycles. The van der Waals surface area contributed by atoms with Crippen LogP contribution in [0.25, 0.3) is 0 Å². The van der Waals surface area contributed by atoms with Gasteiger partial charge in [-0.25, -0.2) is 0 Å². The Morgan fingerprint density at radius 1 is 1.29 bits per heavy atom. The van der Waals surface area contributed by atoms with Gasteiger partial charge in [-0.2, -0.15) is 10.4 Å². The van der Waals surface area contributed by atoms with Gasteiger partial charge in [-0.15, -0.1) is 0 Å². The van der Waals surface area contributed by atoms with Gasteiger partial charge in [-0.3, -0.25) is 4.68 Å². The lowest BCUT2D eigenvalue weighted by Crippen LogP contribution is -1.93. The minimum atomic E-state index is 0.717. The Kier molecular flexibility index (Phi) is 3.21. The number of nitrogens with zero attached hydrogens (tertiary/aromatic N) is 3. The van der Waals surface area contributed by atoms with E-state index in [9.17, 15) is 0 Å². The number of rotatable bonds is 2. The molecule has 0 N–H and O–H groups in total. The summed E-state index contributed by atoms with van der Waals surface area (Å²) in [6, 6.07) is 10.2. The van der Waals surface area contributed by atoms with Crippen molar-refractivity contribution in [3.63, 3.8) is 0 Å². The normalized spacial score (nSPS) is 10.2. The van der Waals surface area contributed by atoms with Gasteiger partial charge in [0.1, 0.15) is 6.07 Å². The molecule has 0 bridgehead atoms.